The summed E-state index contributed by atoms with van der Waals surface area (Å²) in [5, 5.41) is 12.9. The van der Waals surface area contributed by atoms with Crippen molar-refractivity contribution in [1.82, 2.24) is 9.88 Å². The summed E-state index contributed by atoms with van der Waals surface area (Å²) in [6, 6.07) is 18.3. The number of pyridine rings is 1. The maximum atomic E-state index is 12.9. The van der Waals surface area contributed by atoms with Crippen molar-refractivity contribution in [2.75, 3.05) is 24.4 Å². The highest BCUT2D eigenvalue weighted by Crippen LogP contribution is 2.33. The molecule has 8 nitrogen and oxygen atoms in total. The maximum absolute atomic E-state index is 12.9. The highest BCUT2D eigenvalue weighted by atomic mass is 32.2. The van der Waals surface area contributed by atoms with Crippen LogP contribution in [0.4, 0.5) is 5.69 Å². The van der Waals surface area contributed by atoms with Crippen molar-refractivity contribution in [3.8, 4) is 17.6 Å². The Kier molecular flexibility index (Phi) is 7.53. The van der Waals surface area contributed by atoms with Gasteiger partial charge in [0.25, 0.3) is 5.91 Å². The summed E-state index contributed by atoms with van der Waals surface area (Å²) >= 11 is 1.19. The van der Waals surface area contributed by atoms with Gasteiger partial charge in [-0.05, 0) is 49.7 Å². The van der Waals surface area contributed by atoms with Crippen LogP contribution in [-0.2, 0) is 11.3 Å². The number of carbonyl (C=O) groups is 2. The smallest absolute Gasteiger partial charge is 0.257 e. The first-order chi connectivity index (χ1) is 17.0. The summed E-state index contributed by atoms with van der Waals surface area (Å²) in [7, 11) is 0. The minimum atomic E-state index is -0.341. The number of hydrogen-bond acceptors (Lipinski definition) is 7. The van der Waals surface area contributed by atoms with Crippen LogP contribution in [0.5, 0.6) is 11.5 Å². The lowest BCUT2D eigenvalue weighted by Crippen LogP contribution is -2.31. The molecule has 9 heteroatoms. The van der Waals surface area contributed by atoms with Gasteiger partial charge >= 0.3 is 0 Å². The molecule has 0 saturated heterocycles. The Bertz CT molecular complexity index is 1290. The van der Waals surface area contributed by atoms with Crippen molar-refractivity contribution < 1.29 is 19.1 Å². The Morgan fingerprint density at radius 3 is 2.66 bits per heavy atom. The number of hydrogen-bond donors (Lipinski definition) is 1. The van der Waals surface area contributed by atoms with E-state index in [1.54, 1.807) is 24.0 Å². The van der Waals surface area contributed by atoms with E-state index in [0.29, 0.717) is 46.6 Å². The van der Waals surface area contributed by atoms with Crippen LogP contribution in [0.3, 0.4) is 0 Å². The fourth-order valence-electron chi connectivity index (χ4n) is 3.58. The van der Waals surface area contributed by atoms with E-state index in [9.17, 15) is 14.9 Å². The van der Waals surface area contributed by atoms with E-state index in [-0.39, 0.29) is 29.9 Å². The summed E-state index contributed by atoms with van der Waals surface area (Å²) in [6.07, 6.45) is 0. The van der Waals surface area contributed by atoms with Crippen LogP contribution in [0.2, 0.25) is 0 Å². The van der Waals surface area contributed by atoms with E-state index in [0.717, 1.165) is 5.56 Å². The maximum Gasteiger partial charge on any atom is 0.257 e. The zero-order chi connectivity index (χ0) is 24.8. The number of carbonyl (C=O) groups excluding carboxylic acids is 2. The molecular weight excluding hydrogens is 464 g/mol. The Morgan fingerprint density at radius 2 is 1.91 bits per heavy atom. The standard InChI is InChI=1S/C26H24N4O4S/c1-3-30(14-18-9-10-22-23(11-18)34-16-33-22)24(31)15-35-26-19(13-27)12-21(17(2)28-26)25(32)29-20-7-5-4-6-8-20/h4-12H,3,14-16H2,1-2H3,(H,29,32). The number of benzene rings is 2. The number of nitriles is 1. The predicted molar refractivity (Wildman–Crippen MR) is 132 cm³/mol. The summed E-state index contributed by atoms with van der Waals surface area (Å²) in [6.45, 7) is 4.79. The molecule has 2 aromatic carbocycles. The van der Waals surface area contributed by atoms with Crippen LogP contribution < -0.4 is 14.8 Å². The molecule has 1 N–H and O–H groups in total. The Balaban J connectivity index is 1.42. The average molecular weight is 489 g/mol. The van der Waals surface area contributed by atoms with Gasteiger partial charge in [0.05, 0.1) is 22.6 Å². The molecule has 1 aliphatic rings. The summed E-state index contributed by atoms with van der Waals surface area (Å²) in [4.78, 5) is 31.8. The van der Waals surface area contributed by atoms with Crippen LogP contribution in [0.1, 0.15) is 34.1 Å². The number of thioether (sulfide) groups is 1. The average Bonchev–Trinajstić information content (AvgIpc) is 3.34. The second kappa shape index (κ2) is 10.9. The summed E-state index contributed by atoms with van der Waals surface area (Å²) in [5.74, 6) is 1.07. The number of aromatic nitrogens is 1. The van der Waals surface area contributed by atoms with Gasteiger partial charge in [0, 0.05) is 18.8 Å². The largest absolute Gasteiger partial charge is 0.454 e. The number of nitrogens with zero attached hydrogens (tertiary/aromatic N) is 3. The highest BCUT2D eigenvalue weighted by Gasteiger charge is 2.20. The van der Waals surface area contributed by atoms with Crippen molar-refractivity contribution in [3.63, 3.8) is 0 Å². The fourth-order valence-corrected chi connectivity index (χ4v) is 4.48. The molecule has 1 aromatic heterocycles. The van der Waals surface area contributed by atoms with Gasteiger partial charge in [0.15, 0.2) is 11.5 Å². The van der Waals surface area contributed by atoms with Crippen molar-refractivity contribution >= 4 is 29.3 Å². The highest BCUT2D eigenvalue weighted by molar-refractivity contribution is 8.00. The third-order valence-electron chi connectivity index (χ3n) is 5.45. The number of amides is 2. The van der Waals surface area contributed by atoms with Gasteiger partial charge in [-0.2, -0.15) is 5.26 Å². The molecular formula is C26H24N4O4S. The minimum Gasteiger partial charge on any atom is -0.454 e. The van der Waals surface area contributed by atoms with Gasteiger partial charge in [0.1, 0.15) is 11.1 Å². The molecule has 0 radical (unpaired) electrons. The second-order valence-electron chi connectivity index (χ2n) is 7.79. The Morgan fingerprint density at radius 1 is 1.14 bits per heavy atom. The fraction of sp³-hybridized carbons (Fsp3) is 0.231. The van der Waals surface area contributed by atoms with Gasteiger partial charge in [-0.25, -0.2) is 4.98 Å². The van der Waals surface area contributed by atoms with Gasteiger partial charge in [0.2, 0.25) is 12.7 Å². The molecule has 1 aliphatic heterocycles. The van der Waals surface area contributed by atoms with Gasteiger partial charge in [-0.15, -0.1) is 0 Å². The van der Waals surface area contributed by atoms with Crippen molar-refractivity contribution in [2.24, 2.45) is 0 Å². The molecule has 0 atom stereocenters. The van der Waals surface area contributed by atoms with Crippen molar-refractivity contribution in [2.45, 2.75) is 25.4 Å². The van der Waals surface area contributed by atoms with E-state index in [1.807, 2.05) is 43.3 Å². The Labute approximate surface area is 207 Å². The first-order valence-electron chi connectivity index (χ1n) is 11.1. The van der Waals surface area contributed by atoms with Gasteiger partial charge in [-0.1, -0.05) is 36.0 Å². The van der Waals surface area contributed by atoms with E-state index in [2.05, 4.69) is 16.4 Å². The number of para-hydroxylation sites is 1. The molecule has 4 rings (SSSR count). The SMILES string of the molecule is CCN(Cc1ccc2c(c1)OCO2)C(=O)CSc1nc(C)c(C(=O)Nc2ccccc2)cc1C#N. The monoisotopic (exact) mass is 488 g/mol. The normalized spacial score (nSPS) is 11.6. The third kappa shape index (κ3) is 5.73. The topological polar surface area (TPSA) is 105 Å². The predicted octanol–water partition coefficient (Wildman–Crippen LogP) is 4.38. The van der Waals surface area contributed by atoms with Crippen LogP contribution in [0.25, 0.3) is 0 Å². The molecule has 0 unspecified atom stereocenters. The number of aryl methyl sites for hydroxylation is 1. The zero-order valence-electron chi connectivity index (χ0n) is 19.4. The van der Waals surface area contributed by atoms with E-state index < -0.39 is 0 Å². The van der Waals surface area contributed by atoms with Crippen molar-refractivity contribution in [1.29, 1.82) is 5.26 Å². The molecule has 178 valence electrons. The molecule has 35 heavy (non-hydrogen) atoms. The van der Waals surface area contributed by atoms with Gasteiger partial charge in [-0.3, -0.25) is 9.59 Å². The minimum absolute atomic E-state index is 0.0793. The number of anilines is 1. The van der Waals surface area contributed by atoms with Crippen LogP contribution in [0, 0.1) is 18.3 Å². The number of rotatable bonds is 8. The van der Waals surface area contributed by atoms with E-state index in [1.165, 1.54) is 17.8 Å². The second-order valence-corrected chi connectivity index (χ2v) is 8.75. The quantitative estimate of drug-likeness (QED) is 0.469. The molecule has 0 saturated carbocycles. The van der Waals surface area contributed by atoms with Crippen LogP contribution >= 0.6 is 11.8 Å². The molecule has 0 fully saturated rings. The lowest BCUT2D eigenvalue weighted by Gasteiger charge is -2.21. The first-order valence-corrected chi connectivity index (χ1v) is 12.0. The summed E-state index contributed by atoms with van der Waals surface area (Å²) < 4.78 is 10.8. The Hall–Kier alpha value is -4.03. The lowest BCUT2D eigenvalue weighted by molar-refractivity contribution is -0.128. The number of fused-ring (bicyclic) bond motifs is 1. The molecule has 3 aromatic rings. The van der Waals surface area contributed by atoms with E-state index in [4.69, 9.17) is 9.47 Å². The van der Waals surface area contributed by atoms with Crippen LogP contribution in [-0.4, -0.2) is 40.8 Å². The molecule has 0 aliphatic carbocycles. The molecule has 2 heterocycles. The van der Waals surface area contributed by atoms with Gasteiger partial charge < -0.3 is 19.7 Å². The van der Waals surface area contributed by atoms with Crippen molar-refractivity contribution in [3.05, 3.63) is 77.0 Å². The number of nitrogens with one attached hydrogen (secondary N) is 1. The zero-order valence-corrected chi connectivity index (χ0v) is 20.2. The molecule has 0 bridgehead atoms. The van der Waals surface area contributed by atoms with E-state index >= 15 is 0 Å². The number of ether oxygens (including phenoxy) is 2. The first kappa shape index (κ1) is 24.1. The third-order valence-corrected chi connectivity index (χ3v) is 6.43. The molecule has 2 amide bonds. The van der Waals surface area contributed by atoms with Crippen LogP contribution in [0.15, 0.2) is 59.6 Å². The molecule has 0 spiro atoms. The summed E-state index contributed by atoms with van der Waals surface area (Å²) in [5.41, 5.74) is 2.65. The lowest BCUT2D eigenvalue weighted by atomic mass is 10.1.